The van der Waals surface area contributed by atoms with Gasteiger partial charge in [-0.15, -0.1) is 0 Å². The molecule has 2 aromatic carbocycles. The molecule has 3 heteroatoms. The molecule has 122 valence electrons. The lowest BCUT2D eigenvalue weighted by Crippen LogP contribution is -2.30. The van der Waals surface area contributed by atoms with Gasteiger partial charge in [0, 0.05) is 25.6 Å². The van der Waals surface area contributed by atoms with Crippen LogP contribution in [0.15, 0.2) is 48.5 Å². The van der Waals surface area contributed by atoms with Crippen molar-refractivity contribution in [3.05, 3.63) is 70.8 Å². The Morgan fingerprint density at radius 2 is 1.83 bits per heavy atom. The van der Waals surface area contributed by atoms with Crippen molar-refractivity contribution >= 4 is 0 Å². The van der Waals surface area contributed by atoms with Crippen molar-refractivity contribution < 1.29 is 0 Å². The molecule has 0 aliphatic carbocycles. The maximum absolute atomic E-state index is 3.46. The number of nitrogens with one attached hydrogen (secondary N) is 2. The maximum Gasteiger partial charge on any atom is 0.0515 e. The number of rotatable bonds is 5. The summed E-state index contributed by atoms with van der Waals surface area (Å²) in [5, 5.41) is 0. The lowest BCUT2D eigenvalue weighted by atomic mass is 9.92. The second-order valence-corrected chi connectivity index (χ2v) is 6.79. The highest BCUT2D eigenvalue weighted by molar-refractivity contribution is 5.32. The van der Waals surface area contributed by atoms with Crippen LogP contribution in [0.25, 0.3) is 0 Å². The Bertz CT molecular complexity index is 639. The molecule has 2 unspecified atom stereocenters. The van der Waals surface area contributed by atoms with Gasteiger partial charge in [0.1, 0.15) is 0 Å². The minimum atomic E-state index is 0.382. The van der Waals surface area contributed by atoms with E-state index >= 15 is 0 Å². The monoisotopic (exact) mass is 309 g/mol. The molecule has 2 atom stereocenters. The van der Waals surface area contributed by atoms with Crippen LogP contribution in [0, 0.1) is 19.8 Å². The molecular formula is C20H27N3. The van der Waals surface area contributed by atoms with Crippen molar-refractivity contribution in [1.82, 2.24) is 15.8 Å². The quantitative estimate of drug-likeness (QED) is 0.888. The highest BCUT2D eigenvalue weighted by Gasteiger charge is 2.29. The lowest BCUT2D eigenvalue weighted by molar-refractivity contribution is 0.262. The van der Waals surface area contributed by atoms with E-state index in [1.807, 2.05) is 0 Å². The van der Waals surface area contributed by atoms with Gasteiger partial charge in [0.2, 0.25) is 0 Å². The fraction of sp³-hybridized carbons (Fsp3) is 0.400. The Morgan fingerprint density at radius 3 is 2.57 bits per heavy atom. The second kappa shape index (κ2) is 7.26. The van der Waals surface area contributed by atoms with E-state index in [1.54, 1.807) is 0 Å². The third-order valence-electron chi connectivity index (χ3n) is 4.82. The van der Waals surface area contributed by atoms with Crippen molar-refractivity contribution in [2.24, 2.45) is 5.92 Å². The van der Waals surface area contributed by atoms with Gasteiger partial charge in [0.25, 0.3) is 0 Å². The molecular weight excluding hydrogens is 282 g/mol. The Kier molecular flexibility index (Phi) is 5.11. The molecule has 0 amide bonds. The van der Waals surface area contributed by atoms with Gasteiger partial charge in [-0.2, -0.15) is 0 Å². The van der Waals surface area contributed by atoms with Crippen LogP contribution in [0.5, 0.6) is 0 Å². The summed E-state index contributed by atoms with van der Waals surface area (Å²) < 4.78 is 0. The van der Waals surface area contributed by atoms with E-state index < -0.39 is 0 Å². The maximum atomic E-state index is 3.46. The molecule has 0 saturated carbocycles. The first-order valence-electron chi connectivity index (χ1n) is 8.41. The fourth-order valence-corrected chi connectivity index (χ4v) is 3.38. The number of nitrogens with zero attached hydrogens (tertiary/aromatic N) is 1. The molecule has 2 aromatic rings. The minimum absolute atomic E-state index is 0.382. The predicted octanol–water partition coefficient (Wildman–Crippen LogP) is 3.20. The van der Waals surface area contributed by atoms with Crippen LogP contribution in [0.3, 0.4) is 0 Å². The van der Waals surface area contributed by atoms with Crippen LogP contribution >= 0.6 is 0 Å². The third-order valence-corrected chi connectivity index (χ3v) is 4.82. The van der Waals surface area contributed by atoms with Gasteiger partial charge in [0.15, 0.2) is 0 Å². The van der Waals surface area contributed by atoms with Gasteiger partial charge in [-0.3, -0.25) is 5.43 Å². The standard InChI is InChI=1S/C20H27N3/c1-15-9-10-18(11-16(15)2)20-19(12-21-22-20)14-23(3)13-17-7-5-4-6-8-17/h4-11,19-22H,12-14H2,1-3H3. The zero-order chi connectivity index (χ0) is 16.2. The van der Waals surface area contributed by atoms with Crippen molar-refractivity contribution in [3.63, 3.8) is 0 Å². The number of aryl methyl sites for hydroxylation is 2. The van der Waals surface area contributed by atoms with E-state index in [2.05, 4.69) is 85.2 Å². The van der Waals surface area contributed by atoms with Gasteiger partial charge >= 0.3 is 0 Å². The van der Waals surface area contributed by atoms with Gasteiger partial charge < -0.3 is 4.90 Å². The van der Waals surface area contributed by atoms with Gasteiger partial charge in [-0.1, -0.05) is 48.5 Å². The van der Waals surface area contributed by atoms with E-state index in [0.717, 1.165) is 19.6 Å². The zero-order valence-corrected chi connectivity index (χ0v) is 14.3. The third kappa shape index (κ3) is 3.99. The number of hydrogen-bond acceptors (Lipinski definition) is 3. The first kappa shape index (κ1) is 16.2. The predicted molar refractivity (Wildman–Crippen MR) is 96.1 cm³/mol. The summed E-state index contributed by atoms with van der Waals surface area (Å²) >= 11 is 0. The molecule has 3 rings (SSSR count). The lowest BCUT2D eigenvalue weighted by Gasteiger charge is -2.25. The van der Waals surface area contributed by atoms with Crippen LogP contribution in [0.1, 0.15) is 28.3 Å². The average molecular weight is 309 g/mol. The normalized spacial score (nSPS) is 21.0. The molecule has 1 aliphatic heterocycles. The Hall–Kier alpha value is -1.68. The summed E-state index contributed by atoms with van der Waals surface area (Å²) in [6, 6.07) is 17.9. The summed E-state index contributed by atoms with van der Waals surface area (Å²) in [6.45, 7) is 7.45. The molecule has 23 heavy (non-hydrogen) atoms. The largest absolute Gasteiger partial charge is 0.302 e. The molecule has 0 spiro atoms. The minimum Gasteiger partial charge on any atom is -0.302 e. The van der Waals surface area contributed by atoms with Crippen molar-refractivity contribution in [1.29, 1.82) is 0 Å². The second-order valence-electron chi connectivity index (χ2n) is 6.79. The molecule has 1 aliphatic rings. The smallest absolute Gasteiger partial charge is 0.0515 e. The van der Waals surface area contributed by atoms with Crippen molar-refractivity contribution in [3.8, 4) is 0 Å². The van der Waals surface area contributed by atoms with Crippen LogP contribution in [0.4, 0.5) is 0 Å². The van der Waals surface area contributed by atoms with E-state index in [0.29, 0.717) is 12.0 Å². The van der Waals surface area contributed by atoms with E-state index in [9.17, 15) is 0 Å². The molecule has 0 bridgehead atoms. The molecule has 2 N–H and O–H groups in total. The van der Waals surface area contributed by atoms with E-state index in [1.165, 1.54) is 22.3 Å². The van der Waals surface area contributed by atoms with Crippen LogP contribution in [-0.4, -0.2) is 25.0 Å². The van der Waals surface area contributed by atoms with E-state index in [4.69, 9.17) is 0 Å². The Morgan fingerprint density at radius 1 is 1.04 bits per heavy atom. The van der Waals surface area contributed by atoms with Crippen molar-refractivity contribution in [2.45, 2.75) is 26.4 Å². The van der Waals surface area contributed by atoms with E-state index in [-0.39, 0.29) is 0 Å². The zero-order valence-electron chi connectivity index (χ0n) is 14.3. The summed E-state index contributed by atoms with van der Waals surface area (Å²) in [7, 11) is 2.21. The number of hydrazine groups is 1. The van der Waals surface area contributed by atoms with Crippen molar-refractivity contribution in [2.75, 3.05) is 20.1 Å². The van der Waals surface area contributed by atoms with Gasteiger partial charge in [-0.25, -0.2) is 5.43 Å². The Labute approximate surface area is 139 Å². The topological polar surface area (TPSA) is 27.3 Å². The SMILES string of the molecule is Cc1ccc(C2NNCC2CN(C)Cc2ccccc2)cc1C. The number of hydrogen-bond donors (Lipinski definition) is 2. The molecule has 1 heterocycles. The summed E-state index contributed by atoms with van der Waals surface area (Å²) in [5.41, 5.74) is 12.3. The average Bonchev–Trinajstić information content (AvgIpc) is 2.99. The van der Waals surface area contributed by atoms with Crippen LogP contribution < -0.4 is 10.9 Å². The van der Waals surface area contributed by atoms with Crippen LogP contribution in [0.2, 0.25) is 0 Å². The van der Waals surface area contributed by atoms with Crippen LogP contribution in [-0.2, 0) is 6.54 Å². The van der Waals surface area contributed by atoms with Gasteiger partial charge in [0.05, 0.1) is 6.04 Å². The Balaban J connectivity index is 1.65. The highest BCUT2D eigenvalue weighted by Crippen LogP contribution is 2.27. The molecule has 1 fully saturated rings. The van der Waals surface area contributed by atoms with Gasteiger partial charge in [-0.05, 0) is 43.1 Å². The highest BCUT2D eigenvalue weighted by atomic mass is 15.4. The summed E-state index contributed by atoms with van der Waals surface area (Å²) in [4.78, 5) is 2.42. The molecule has 1 saturated heterocycles. The summed E-state index contributed by atoms with van der Waals surface area (Å²) in [6.07, 6.45) is 0. The fourth-order valence-electron chi connectivity index (χ4n) is 3.38. The first-order chi connectivity index (χ1) is 11.1. The summed E-state index contributed by atoms with van der Waals surface area (Å²) in [5.74, 6) is 0.575. The number of benzene rings is 2. The first-order valence-corrected chi connectivity index (χ1v) is 8.41. The molecule has 0 radical (unpaired) electrons. The molecule has 3 nitrogen and oxygen atoms in total. The molecule has 0 aromatic heterocycles.